The molecule has 0 saturated carbocycles. The van der Waals surface area contributed by atoms with Crippen molar-refractivity contribution in [1.29, 1.82) is 0 Å². The third kappa shape index (κ3) is 1.67. The molecule has 0 aliphatic carbocycles. The maximum atomic E-state index is 9.94. The predicted molar refractivity (Wildman–Crippen MR) is 76.5 cm³/mol. The Labute approximate surface area is 115 Å². The van der Waals surface area contributed by atoms with E-state index in [1.165, 1.54) is 0 Å². The smallest absolute Gasteiger partial charge is 0.125 e. The van der Waals surface area contributed by atoms with Crippen molar-refractivity contribution in [2.75, 3.05) is 13.1 Å². The van der Waals surface area contributed by atoms with Crippen molar-refractivity contribution in [2.45, 2.75) is 6.04 Å². The number of aromatic nitrogens is 3. The molecule has 0 atom stereocenters. The second-order valence-corrected chi connectivity index (χ2v) is 5.05. The number of nitrogens with zero attached hydrogens (tertiary/aromatic N) is 3. The Balaban J connectivity index is 1.87. The first kappa shape index (κ1) is 11.4. The fraction of sp³-hybridized carbons (Fsp3) is 0.200. The summed E-state index contributed by atoms with van der Waals surface area (Å²) in [5.41, 5.74) is 3.35. The molecule has 0 amide bonds. The van der Waals surface area contributed by atoms with Gasteiger partial charge >= 0.3 is 0 Å². The van der Waals surface area contributed by atoms with Crippen molar-refractivity contribution in [3.63, 3.8) is 0 Å². The molecule has 4 rings (SSSR count). The molecule has 0 spiro atoms. The number of hydrogen-bond donors (Lipinski definition) is 2. The normalized spacial score (nSPS) is 15.4. The van der Waals surface area contributed by atoms with E-state index in [0.717, 1.165) is 24.1 Å². The summed E-state index contributed by atoms with van der Waals surface area (Å²) in [6, 6.07) is 11.7. The van der Waals surface area contributed by atoms with Gasteiger partial charge in [-0.3, -0.25) is 0 Å². The molecule has 0 radical (unpaired) electrons. The van der Waals surface area contributed by atoms with E-state index < -0.39 is 0 Å². The SMILES string of the molecule is Oc1ccccc1-c1cc2c(ccn2C2CNC2)nn1. The molecule has 3 aromatic rings. The third-order valence-electron chi connectivity index (χ3n) is 3.81. The second kappa shape index (κ2) is 4.31. The maximum Gasteiger partial charge on any atom is 0.125 e. The molecule has 1 aliphatic rings. The van der Waals surface area contributed by atoms with E-state index in [9.17, 15) is 5.11 Å². The highest BCUT2D eigenvalue weighted by Gasteiger charge is 2.20. The molecule has 1 fully saturated rings. The minimum absolute atomic E-state index is 0.226. The van der Waals surface area contributed by atoms with E-state index in [4.69, 9.17) is 0 Å². The van der Waals surface area contributed by atoms with Gasteiger partial charge in [0.2, 0.25) is 0 Å². The van der Waals surface area contributed by atoms with E-state index in [1.54, 1.807) is 12.1 Å². The van der Waals surface area contributed by atoms with Crippen LogP contribution in [-0.4, -0.2) is 33.0 Å². The molecule has 3 heterocycles. The van der Waals surface area contributed by atoms with Crippen LogP contribution in [0.2, 0.25) is 0 Å². The summed E-state index contributed by atoms with van der Waals surface area (Å²) < 4.78 is 2.23. The molecule has 0 bridgehead atoms. The van der Waals surface area contributed by atoms with Gasteiger partial charge < -0.3 is 15.0 Å². The van der Waals surface area contributed by atoms with Gasteiger partial charge in [0.05, 0.1) is 17.3 Å². The van der Waals surface area contributed by atoms with Gasteiger partial charge in [-0.05, 0) is 24.3 Å². The second-order valence-electron chi connectivity index (χ2n) is 5.05. The minimum Gasteiger partial charge on any atom is -0.507 e. The van der Waals surface area contributed by atoms with Gasteiger partial charge in [-0.25, -0.2) is 0 Å². The minimum atomic E-state index is 0.226. The number of rotatable bonds is 2. The van der Waals surface area contributed by atoms with Crippen LogP contribution in [0, 0.1) is 0 Å². The monoisotopic (exact) mass is 266 g/mol. The van der Waals surface area contributed by atoms with Crippen LogP contribution in [0.4, 0.5) is 0 Å². The number of para-hydroxylation sites is 1. The van der Waals surface area contributed by atoms with E-state index in [0.29, 0.717) is 17.3 Å². The summed E-state index contributed by atoms with van der Waals surface area (Å²) >= 11 is 0. The summed E-state index contributed by atoms with van der Waals surface area (Å²) in [6.45, 7) is 1.97. The number of fused-ring (bicyclic) bond motifs is 1. The zero-order valence-electron chi connectivity index (χ0n) is 10.8. The Morgan fingerprint density at radius 3 is 2.75 bits per heavy atom. The average Bonchev–Trinajstić information content (AvgIpc) is 2.81. The molecule has 2 aromatic heterocycles. The van der Waals surface area contributed by atoms with E-state index in [1.807, 2.05) is 24.3 Å². The molecular weight excluding hydrogens is 252 g/mol. The molecule has 100 valence electrons. The fourth-order valence-electron chi connectivity index (χ4n) is 2.56. The highest BCUT2D eigenvalue weighted by molar-refractivity contribution is 5.81. The molecule has 1 saturated heterocycles. The lowest BCUT2D eigenvalue weighted by Gasteiger charge is -2.29. The maximum absolute atomic E-state index is 9.94. The molecule has 0 unspecified atom stereocenters. The van der Waals surface area contributed by atoms with Gasteiger partial charge in [0, 0.05) is 24.8 Å². The van der Waals surface area contributed by atoms with Crippen LogP contribution in [-0.2, 0) is 0 Å². The van der Waals surface area contributed by atoms with Crippen molar-refractivity contribution in [2.24, 2.45) is 0 Å². The average molecular weight is 266 g/mol. The van der Waals surface area contributed by atoms with Gasteiger partial charge in [-0.15, -0.1) is 10.2 Å². The van der Waals surface area contributed by atoms with Crippen molar-refractivity contribution in [3.8, 4) is 17.0 Å². The van der Waals surface area contributed by atoms with Gasteiger partial charge in [-0.2, -0.15) is 0 Å². The van der Waals surface area contributed by atoms with Crippen LogP contribution >= 0.6 is 0 Å². The lowest BCUT2D eigenvalue weighted by molar-refractivity contribution is 0.352. The van der Waals surface area contributed by atoms with Crippen LogP contribution < -0.4 is 5.32 Å². The first-order chi connectivity index (χ1) is 9.83. The molecule has 2 N–H and O–H groups in total. The lowest BCUT2D eigenvalue weighted by Crippen LogP contribution is -2.43. The van der Waals surface area contributed by atoms with Crippen LogP contribution in [0.3, 0.4) is 0 Å². The van der Waals surface area contributed by atoms with E-state index in [-0.39, 0.29) is 5.75 Å². The molecule has 20 heavy (non-hydrogen) atoms. The molecule has 1 aliphatic heterocycles. The molecule has 5 heteroatoms. The number of phenolic OH excluding ortho intramolecular Hbond substituents is 1. The van der Waals surface area contributed by atoms with Gasteiger partial charge in [0.1, 0.15) is 11.3 Å². The first-order valence-electron chi connectivity index (χ1n) is 6.66. The van der Waals surface area contributed by atoms with Crippen molar-refractivity contribution >= 4 is 11.0 Å². The molecule has 1 aromatic carbocycles. The Morgan fingerprint density at radius 1 is 1.15 bits per heavy atom. The third-order valence-corrected chi connectivity index (χ3v) is 3.81. The summed E-state index contributed by atoms with van der Waals surface area (Å²) in [6.07, 6.45) is 2.06. The van der Waals surface area contributed by atoms with Gasteiger partial charge in [0.25, 0.3) is 0 Å². The summed E-state index contributed by atoms with van der Waals surface area (Å²) in [7, 11) is 0. The number of nitrogens with one attached hydrogen (secondary N) is 1. The Bertz CT molecular complexity index is 776. The van der Waals surface area contributed by atoms with Crippen molar-refractivity contribution < 1.29 is 5.11 Å². The summed E-state index contributed by atoms with van der Waals surface area (Å²) in [5.74, 6) is 0.226. The fourth-order valence-corrected chi connectivity index (χ4v) is 2.56. The van der Waals surface area contributed by atoms with Crippen LogP contribution in [0.1, 0.15) is 6.04 Å². The molecular formula is C15H14N4O. The van der Waals surface area contributed by atoms with Gasteiger partial charge in [-0.1, -0.05) is 12.1 Å². The number of aromatic hydroxyl groups is 1. The predicted octanol–water partition coefficient (Wildman–Crippen LogP) is 1.95. The zero-order valence-corrected chi connectivity index (χ0v) is 10.8. The zero-order chi connectivity index (χ0) is 13.5. The topological polar surface area (TPSA) is 63.0 Å². The summed E-state index contributed by atoms with van der Waals surface area (Å²) in [4.78, 5) is 0. The quantitative estimate of drug-likeness (QED) is 0.744. The lowest BCUT2D eigenvalue weighted by atomic mass is 10.1. The summed E-state index contributed by atoms with van der Waals surface area (Å²) in [5, 5.41) is 21.7. The van der Waals surface area contributed by atoms with E-state index in [2.05, 4.69) is 26.3 Å². The number of hydrogen-bond acceptors (Lipinski definition) is 4. The highest BCUT2D eigenvalue weighted by atomic mass is 16.3. The Kier molecular flexibility index (Phi) is 2.47. The Morgan fingerprint density at radius 2 is 2.00 bits per heavy atom. The van der Waals surface area contributed by atoms with Gasteiger partial charge in [0.15, 0.2) is 0 Å². The Hall–Kier alpha value is -2.40. The standard InChI is InChI=1S/C15H14N4O/c20-15-4-2-1-3-11(15)13-7-14-12(17-18-13)5-6-19(14)10-8-16-9-10/h1-7,10,16,20H,8-9H2. The van der Waals surface area contributed by atoms with Crippen molar-refractivity contribution in [3.05, 3.63) is 42.6 Å². The van der Waals surface area contributed by atoms with Crippen LogP contribution in [0.5, 0.6) is 5.75 Å². The van der Waals surface area contributed by atoms with Crippen LogP contribution in [0.15, 0.2) is 42.6 Å². The number of phenols is 1. The largest absolute Gasteiger partial charge is 0.507 e. The first-order valence-corrected chi connectivity index (χ1v) is 6.66. The van der Waals surface area contributed by atoms with Crippen molar-refractivity contribution in [1.82, 2.24) is 20.1 Å². The highest BCUT2D eigenvalue weighted by Crippen LogP contribution is 2.29. The molecule has 5 nitrogen and oxygen atoms in total. The van der Waals surface area contributed by atoms with E-state index >= 15 is 0 Å². The van der Waals surface area contributed by atoms with Crippen LogP contribution in [0.25, 0.3) is 22.3 Å². The number of benzene rings is 1.